The Balaban J connectivity index is 1.88. The number of carboxylic acids is 1. The molecule has 2 N–H and O–H groups in total. The Morgan fingerprint density at radius 2 is 2.07 bits per heavy atom. The van der Waals surface area contributed by atoms with Crippen LogP contribution in [0.25, 0.3) is 6.08 Å². The largest absolute Gasteiger partial charge is 0.506 e. The van der Waals surface area contributed by atoms with Gasteiger partial charge in [-0.1, -0.05) is 18.2 Å². The predicted molar refractivity (Wildman–Crippen MR) is 117 cm³/mol. The highest BCUT2D eigenvalue weighted by atomic mass is 32.2. The highest BCUT2D eigenvalue weighted by molar-refractivity contribution is 8.18. The molecule has 7 nitrogen and oxygen atoms in total. The van der Waals surface area contributed by atoms with Crippen molar-refractivity contribution >= 4 is 40.6 Å². The normalized spacial score (nSPS) is 17.6. The van der Waals surface area contributed by atoms with Gasteiger partial charge in [0, 0.05) is 6.54 Å². The van der Waals surface area contributed by atoms with Crippen molar-refractivity contribution in [3.63, 3.8) is 0 Å². The van der Waals surface area contributed by atoms with E-state index in [0.29, 0.717) is 33.6 Å². The Bertz CT molecular complexity index is 1050. The Kier molecular flexibility index (Phi) is 6.47. The molecule has 156 valence electrons. The number of carbonyl (C=O) groups is 2. The average Bonchev–Trinajstić information content (AvgIpc) is 2.98. The second-order valence-electron chi connectivity index (χ2n) is 6.72. The lowest BCUT2D eigenvalue weighted by atomic mass is 10.2. The maximum absolute atomic E-state index is 12.8. The zero-order valence-electron chi connectivity index (χ0n) is 16.8. The molecule has 0 spiro atoms. The number of hydrogen-bond acceptors (Lipinski definition) is 6. The topological polar surface area (TPSA) is 99.4 Å². The van der Waals surface area contributed by atoms with E-state index in [1.807, 2.05) is 19.9 Å². The fraction of sp³-hybridized carbons (Fsp3) is 0.227. The molecule has 1 amide bonds. The van der Waals surface area contributed by atoms with Gasteiger partial charge in [-0.15, -0.1) is 0 Å². The fourth-order valence-electron chi connectivity index (χ4n) is 2.78. The van der Waals surface area contributed by atoms with Crippen LogP contribution in [0.4, 0.5) is 5.69 Å². The third-order valence-electron chi connectivity index (χ3n) is 4.37. The number of aliphatic carboxylic acids is 1. The minimum absolute atomic E-state index is 0.0569. The maximum atomic E-state index is 12.8. The number of aliphatic imine (C=N–C) groups is 1. The highest BCUT2D eigenvalue weighted by Crippen LogP contribution is 2.36. The predicted octanol–water partition coefficient (Wildman–Crippen LogP) is 4.18. The Morgan fingerprint density at radius 3 is 2.73 bits per heavy atom. The average molecular weight is 426 g/mol. The first-order chi connectivity index (χ1) is 14.3. The number of ether oxygens (including phenoxy) is 1. The number of aryl methyl sites for hydroxylation is 1. The minimum Gasteiger partial charge on any atom is -0.506 e. The van der Waals surface area contributed by atoms with Crippen molar-refractivity contribution in [3.8, 4) is 11.5 Å². The molecule has 1 aliphatic rings. The van der Waals surface area contributed by atoms with Crippen LogP contribution in [0.5, 0.6) is 11.5 Å². The summed E-state index contributed by atoms with van der Waals surface area (Å²) in [5, 5.41) is 19.6. The molecule has 1 saturated heterocycles. The lowest BCUT2D eigenvalue weighted by Crippen LogP contribution is -2.28. The van der Waals surface area contributed by atoms with Crippen molar-refractivity contribution in [2.45, 2.75) is 26.9 Å². The molecule has 0 saturated carbocycles. The van der Waals surface area contributed by atoms with Gasteiger partial charge in [0.2, 0.25) is 0 Å². The fourth-order valence-corrected chi connectivity index (χ4v) is 3.84. The quantitative estimate of drug-likeness (QED) is 0.673. The SMILES string of the molecule is CCN1C(=O)/C(=C/c2cccc(OC(C)C(=O)O)c2)SC1=Nc1ccc(C)cc1O. The summed E-state index contributed by atoms with van der Waals surface area (Å²) in [5.74, 6) is -0.779. The van der Waals surface area contributed by atoms with E-state index in [4.69, 9.17) is 9.84 Å². The lowest BCUT2D eigenvalue weighted by molar-refractivity contribution is -0.144. The van der Waals surface area contributed by atoms with Gasteiger partial charge in [-0.05, 0) is 74.0 Å². The molecule has 1 aliphatic heterocycles. The Hall–Kier alpha value is -3.26. The maximum Gasteiger partial charge on any atom is 0.344 e. The van der Waals surface area contributed by atoms with Crippen LogP contribution in [0.15, 0.2) is 52.4 Å². The van der Waals surface area contributed by atoms with E-state index in [-0.39, 0.29) is 11.7 Å². The van der Waals surface area contributed by atoms with Crippen LogP contribution < -0.4 is 4.74 Å². The van der Waals surface area contributed by atoms with Crippen molar-refractivity contribution in [1.29, 1.82) is 0 Å². The monoisotopic (exact) mass is 426 g/mol. The van der Waals surface area contributed by atoms with Crippen LogP contribution in [-0.2, 0) is 9.59 Å². The number of hydrogen-bond donors (Lipinski definition) is 2. The number of phenolic OH excluding ortho intramolecular Hbond substituents is 1. The van der Waals surface area contributed by atoms with Crippen LogP contribution in [0.1, 0.15) is 25.0 Å². The molecule has 1 fully saturated rings. The van der Waals surface area contributed by atoms with Gasteiger partial charge in [0.25, 0.3) is 5.91 Å². The van der Waals surface area contributed by atoms with E-state index in [0.717, 1.165) is 5.56 Å². The van der Waals surface area contributed by atoms with Gasteiger partial charge in [0.1, 0.15) is 17.2 Å². The number of rotatable bonds is 6. The van der Waals surface area contributed by atoms with E-state index >= 15 is 0 Å². The first-order valence-electron chi connectivity index (χ1n) is 9.37. The van der Waals surface area contributed by atoms with Crippen LogP contribution in [0.3, 0.4) is 0 Å². The number of nitrogens with zero attached hydrogens (tertiary/aromatic N) is 2. The second kappa shape index (κ2) is 9.04. The smallest absolute Gasteiger partial charge is 0.344 e. The van der Waals surface area contributed by atoms with Gasteiger partial charge in [0.15, 0.2) is 11.3 Å². The number of amidine groups is 1. The van der Waals surface area contributed by atoms with Gasteiger partial charge in [-0.25, -0.2) is 9.79 Å². The lowest BCUT2D eigenvalue weighted by Gasteiger charge is -2.12. The van der Waals surface area contributed by atoms with Crippen molar-refractivity contribution < 1.29 is 24.5 Å². The molecule has 1 unspecified atom stereocenters. The molecule has 0 bridgehead atoms. The van der Waals surface area contributed by atoms with E-state index in [2.05, 4.69) is 4.99 Å². The zero-order valence-corrected chi connectivity index (χ0v) is 17.6. The Morgan fingerprint density at radius 1 is 1.30 bits per heavy atom. The van der Waals surface area contributed by atoms with Crippen molar-refractivity contribution in [1.82, 2.24) is 4.90 Å². The molecule has 0 aliphatic carbocycles. The van der Waals surface area contributed by atoms with E-state index in [1.54, 1.807) is 47.4 Å². The second-order valence-corrected chi connectivity index (χ2v) is 7.73. The molecule has 0 aromatic heterocycles. The summed E-state index contributed by atoms with van der Waals surface area (Å²) in [6.45, 7) is 5.62. The number of amides is 1. The van der Waals surface area contributed by atoms with E-state index in [9.17, 15) is 14.7 Å². The molecule has 3 rings (SSSR count). The van der Waals surface area contributed by atoms with Crippen LogP contribution in [0, 0.1) is 6.92 Å². The zero-order chi connectivity index (χ0) is 21.8. The number of benzene rings is 2. The number of thioether (sulfide) groups is 1. The molecule has 1 heterocycles. The summed E-state index contributed by atoms with van der Waals surface area (Å²) in [6.07, 6.45) is 0.734. The van der Waals surface area contributed by atoms with E-state index in [1.165, 1.54) is 18.7 Å². The highest BCUT2D eigenvalue weighted by Gasteiger charge is 2.32. The van der Waals surface area contributed by atoms with Gasteiger partial charge in [-0.3, -0.25) is 9.69 Å². The summed E-state index contributed by atoms with van der Waals surface area (Å²) in [4.78, 5) is 30.3. The first-order valence-corrected chi connectivity index (χ1v) is 10.2. The number of carboxylic acid groups (broad SMARTS) is 1. The number of phenols is 1. The minimum atomic E-state index is -1.06. The standard InChI is InChI=1S/C22H22N2O5S/c1-4-24-20(26)19(30-22(24)23-17-9-8-13(2)10-18(17)25)12-15-6-5-7-16(11-15)29-14(3)21(27)28/h5-12,14,25H,4H2,1-3H3,(H,27,28)/b19-12-,23-22?. The molecule has 30 heavy (non-hydrogen) atoms. The summed E-state index contributed by atoms with van der Waals surface area (Å²) < 4.78 is 5.39. The molecular formula is C22H22N2O5S. The molecule has 0 radical (unpaired) electrons. The summed E-state index contributed by atoms with van der Waals surface area (Å²) in [5.41, 5.74) is 2.02. The molecule has 8 heteroatoms. The molecular weight excluding hydrogens is 404 g/mol. The van der Waals surface area contributed by atoms with Crippen molar-refractivity contribution in [2.75, 3.05) is 6.54 Å². The number of carbonyl (C=O) groups excluding carboxylic acids is 1. The summed E-state index contributed by atoms with van der Waals surface area (Å²) in [7, 11) is 0. The van der Waals surface area contributed by atoms with Crippen molar-refractivity contribution in [2.24, 2.45) is 4.99 Å². The molecule has 1 atom stereocenters. The molecule has 2 aromatic carbocycles. The van der Waals surface area contributed by atoms with Gasteiger partial charge >= 0.3 is 5.97 Å². The van der Waals surface area contributed by atoms with Crippen LogP contribution in [-0.4, -0.2) is 44.8 Å². The van der Waals surface area contributed by atoms with Crippen LogP contribution in [0.2, 0.25) is 0 Å². The number of likely N-dealkylation sites (N-methyl/N-ethyl adjacent to an activating group) is 1. The first kappa shape index (κ1) is 21.4. The van der Waals surface area contributed by atoms with Gasteiger partial charge < -0.3 is 14.9 Å². The number of aromatic hydroxyl groups is 1. The Labute approximate surface area is 178 Å². The molecule has 2 aromatic rings. The summed E-state index contributed by atoms with van der Waals surface area (Å²) in [6, 6.07) is 12.1. The van der Waals surface area contributed by atoms with Gasteiger partial charge in [-0.2, -0.15) is 0 Å². The van der Waals surface area contributed by atoms with E-state index < -0.39 is 12.1 Å². The van der Waals surface area contributed by atoms with Crippen molar-refractivity contribution in [3.05, 3.63) is 58.5 Å². The third-order valence-corrected chi connectivity index (χ3v) is 5.37. The third kappa shape index (κ3) is 4.83. The van der Waals surface area contributed by atoms with Gasteiger partial charge in [0.05, 0.1) is 4.91 Å². The summed E-state index contributed by atoms with van der Waals surface area (Å²) >= 11 is 1.22. The van der Waals surface area contributed by atoms with Crippen LogP contribution >= 0.6 is 11.8 Å².